The Hall–Kier alpha value is -1.82. The Morgan fingerprint density at radius 2 is 1.97 bits per heavy atom. The molecule has 0 amide bonds. The highest BCUT2D eigenvalue weighted by Gasteiger charge is 2.30. The van der Waals surface area contributed by atoms with E-state index in [1.807, 2.05) is 17.8 Å². The van der Waals surface area contributed by atoms with Crippen LogP contribution >= 0.6 is 24.0 Å². The van der Waals surface area contributed by atoms with Gasteiger partial charge in [-0.3, -0.25) is 14.6 Å². The minimum absolute atomic E-state index is 0. The summed E-state index contributed by atoms with van der Waals surface area (Å²) >= 11 is 0. The fourth-order valence-corrected chi connectivity index (χ4v) is 3.29. The van der Waals surface area contributed by atoms with E-state index in [4.69, 9.17) is 0 Å². The van der Waals surface area contributed by atoms with E-state index < -0.39 is 11.7 Å². The highest BCUT2D eigenvalue weighted by Crippen LogP contribution is 2.29. The van der Waals surface area contributed by atoms with Crippen molar-refractivity contribution < 1.29 is 13.2 Å². The molecule has 0 saturated carbocycles. The monoisotopic (exact) mass is 522 g/mol. The second-order valence-electron chi connectivity index (χ2n) is 6.93. The largest absolute Gasteiger partial charge is 0.416 e. The van der Waals surface area contributed by atoms with Crippen molar-refractivity contribution in [2.75, 3.05) is 20.1 Å². The number of likely N-dealkylation sites (tertiary alicyclic amines) is 1. The average molecular weight is 522 g/mol. The summed E-state index contributed by atoms with van der Waals surface area (Å²) in [6, 6.07) is 7.58. The fourth-order valence-electron chi connectivity index (χ4n) is 3.29. The van der Waals surface area contributed by atoms with E-state index in [2.05, 4.69) is 25.6 Å². The predicted octanol–water partition coefficient (Wildman–Crippen LogP) is 3.00. The number of hydrogen-bond acceptors (Lipinski definition) is 3. The van der Waals surface area contributed by atoms with Crippen LogP contribution in [0.5, 0.6) is 0 Å². The van der Waals surface area contributed by atoms with Gasteiger partial charge in [0.15, 0.2) is 5.96 Å². The van der Waals surface area contributed by atoms with Gasteiger partial charge in [-0.1, -0.05) is 12.1 Å². The molecule has 0 bridgehead atoms. The normalized spacial score (nSPS) is 17.8. The molecule has 0 radical (unpaired) electrons. The van der Waals surface area contributed by atoms with Gasteiger partial charge in [-0.2, -0.15) is 18.3 Å². The number of aliphatic imine (C=N–C) groups is 1. The number of alkyl halides is 3. The molecular weight excluding hydrogens is 496 g/mol. The van der Waals surface area contributed by atoms with Gasteiger partial charge in [0.1, 0.15) is 0 Å². The lowest BCUT2D eigenvalue weighted by molar-refractivity contribution is -0.137. The third-order valence-corrected chi connectivity index (χ3v) is 4.88. The van der Waals surface area contributed by atoms with E-state index >= 15 is 0 Å². The molecule has 1 fully saturated rings. The summed E-state index contributed by atoms with van der Waals surface area (Å²) in [5, 5.41) is 10.8. The smallest absolute Gasteiger partial charge is 0.352 e. The van der Waals surface area contributed by atoms with Gasteiger partial charge in [0, 0.05) is 46.0 Å². The lowest BCUT2D eigenvalue weighted by Crippen LogP contribution is -2.44. The van der Waals surface area contributed by atoms with E-state index in [0.717, 1.165) is 48.9 Å². The number of nitrogens with one attached hydrogen (secondary N) is 2. The van der Waals surface area contributed by atoms with Gasteiger partial charge < -0.3 is 10.6 Å². The third kappa shape index (κ3) is 6.59. The van der Waals surface area contributed by atoms with Gasteiger partial charge >= 0.3 is 6.18 Å². The Morgan fingerprint density at radius 1 is 1.24 bits per heavy atom. The zero-order valence-electron chi connectivity index (χ0n) is 16.4. The van der Waals surface area contributed by atoms with E-state index in [1.54, 1.807) is 25.4 Å². The van der Waals surface area contributed by atoms with Crippen LogP contribution < -0.4 is 10.6 Å². The van der Waals surface area contributed by atoms with Crippen molar-refractivity contribution in [3.8, 4) is 0 Å². The number of nitrogens with zero attached hydrogens (tertiary/aromatic N) is 4. The van der Waals surface area contributed by atoms with Crippen molar-refractivity contribution in [2.24, 2.45) is 12.0 Å². The minimum atomic E-state index is -4.29. The van der Waals surface area contributed by atoms with E-state index in [9.17, 15) is 13.2 Å². The van der Waals surface area contributed by atoms with Gasteiger partial charge in [-0.25, -0.2) is 0 Å². The lowest BCUT2D eigenvalue weighted by atomic mass is 10.1. The van der Waals surface area contributed by atoms with Crippen LogP contribution in [0.3, 0.4) is 0 Å². The topological polar surface area (TPSA) is 57.5 Å². The molecule has 2 N–H and O–H groups in total. The van der Waals surface area contributed by atoms with Crippen LogP contribution in [0.15, 0.2) is 41.5 Å². The summed E-state index contributed by atoms with van der Waals surface area (Å²) in [6.07, 6.45) is -1.59. The molecule has 1 unspecified atom stereocenters. The molecule has 1 aromatic carbocycles. The van der Waals surface area contributed by atoms with E-state index in [1.165, 1.54) is 0 Å². The number of halogens is 4. The zero-order valence-corrected chi connectivity index (χ0v) is 18.7. The second kappa shape index (κ2) is 10.3. The number of rotatable bonds is 5. The van der Waals surface area contributed by atoms with E-state index in [-0.39, 0.29) is 30.0 Å². The number of hydrogen-bond donors (Lipinski definition) is 2. The molecule has 6 nitrogen and oxygen atoms in total. The molecule has 1 aliphatic heterocycles. The van der Waals surface area contributed by atoms with Crippen LogP contribution in [0.25, 0.3) is 0 Å². The van der Waals surface area contributed by atoms with Crippen LogP contribution in [0.1, 0.15) is 23.2 Å². The number of guanidine groups is 1. The van der Waals surface area contributed by atoms with Gasteiger partial charge in [-0.05, 0) is 30.2 Å². The predicted molar refractivity (Wildman–Crippen MR) is 117 cm³/mol. The highest BCUT2D eigenvalue weighted by atomic mass is 127. The minimum Gasteiger partial charge on any atom is -0.352 e. The quantitative estimate of drug-likeness (QED) is 0.361. The molecule has 3 rings (SSSR count). The third-order valence-electron chi connectivity index (χ3n) is 4.88. The maximum absolute atomic E-state index is 12.7. The first-order valence-corrected chi connectivity index (χ1v) is 9.17. The van der Waals surface area contributed by atoms with Crippen LogP contribution in [-0.2, 0) is 26.3 Å². The number of aromatic nitrogens is 2. The van der Waals surface area contributed by atoms with Crippen LogP contribution in [0, 0.1) is 0 Å². The van der Waals surface area contributed by atoms with Crippen molar-refractivity contribution >= 4 is 29.9 Å². The first-order chi connectivity index (χ1) is 13.3. The summed E-state index contributed by atoms with van der Waals surface area (Å²) in [6.45, 7) is 2.96. The molecule has 160 valence electrons. The molecule has 29 heavy (non-hydrogen) atoms. The Balaban J connectivity index is 0.00000300. The van der Waals surface area contributed by atoms with Gasteiger partial charge in [0.25, 0.3) is 0 Å². The van der Waals surface area contributed by atoms with Crippen LogP contribution in [0.4, 0.5) is 13.2 Å². The van der Waals surface area contributed by atoms with E-state index in [0.29, 0.717) is 13.1 Å². The Bertz CT molecular complexity index is 803. The molecule has 2 heterocycles. The van der Waals surface area contributed by atoms with Crippen molar-refractivity contribution in [3.05, 3.63) is 53.3 Å². The standard InChI is InChI=1S/C19H25F3N6.HI/c1-23-18(24-11-17-7-9-25-27(17)2)26-16-8-10-28(13-16)12-14-3-5-15(6-4-14)19(20,21)22;/h3-7,9,16H,8,10-13H2,1-2H3,(H2,23,24,26);1H. The summed E-state index contributed by atoms with van der Waals surface area (Å²) in [5.74, 6) is 0.725. The lowest BCUT2D eigenvalue weighted by Gasteiger charge is -2.19. The molecule has 1 aromatic heterocycles. The zero-order chi connectivity index (χ0) is 20.1. The first-order valence-electron chi connectivity index (χ1n) is 9.17. The molecule has 10 heteroatoms. The SMILES string of the molecule is CN=C(NCc1ccnn1C)NC1CCN(Cc2ccc(C(F)(F)F)cc2)C1.I. The Labute approximate surface area is 185 Å². The molecule has 2 aromatic rings. The molecular formula is C19H26F3IN6. The Morgan fingerprint density at radius 3 is 2.55 bits per heavy atom. The van der Waals surface area contributed by atoms with Crippen LogP contribution in [-0.4, -0.2) is 46.8 Å². The molecule has 0 spiro atoms. The van der Waals surface area contributed by atoms with Crippen molar-refractivity contribution in [1.82, 2.24) is 25.3 Å². The number of aryl methyl sites for hydroxylation is 1. The molecule has 1 atom stereocenters. The molecule has 0 aliphatic carbocycles. The summed E-state index contributed by atoms with van der Waals surface area (Å²) in [7, 11) is 3.62. The average Bonchev–Trinajstić information content (AvgIpc) is 3.27. The Kier molecular flexibility index (Phi) is 8.32. The second-order valence-corrected chi connectivity index (χ2v) is 6.93. The maximum Gasteiger partial charge on any atom is 0.416 e. The maximum atomic E-state index is 12.7. The fraction of sp³-hybridized carbons (Fsp3) is 0.474. The highest BCUT2D eigenvalue weighted by molar-refractivity contribution is 14.0. The summed E-state index contributed by atoms with van der Waals surface area (Å²) < 4.78 is 39.8. The van der Waals surface area contributed by atoms with Crippen molar-refractivity contribution in [2.45, 2.75) is 31.7 Å². The van der Waals surface area contributed by atoms with Crippen molar-refractivity contribution in [1.29, 1.82) is 0 Å². The van der Waals surface area contributed by atoms with Crippen molar-refractivity contribution in [3.63, 3.8) is 0 Å². The van der Waals surface area contributed by atoms with Crippen LogP contribution in [0.2, 0.25) is 0 Å². The molecule has 1 aliphatic rings. The first kappa shape index (κ1) is 23.5. The van der Waals surface area contributed by atoms with Gasteiger partial charge in [0.2, 0.25) is 0 Å². The number of benzene rings is 1. The van der Waals surface area contributed by atoms with Gasteiger partial charge in [-0.15, -0.1) is 24.0 Å². The summed E-state index contributed by atoms with van der Waals surface area (Å²) in [4.78, 5) is 6.49. The van der Waals surface area contributed by atoms with Gasteiger partial charge in [0.05, 0.1) is 17.8 Å². The summed E-state index contributed by atoms with van der Waals surface area (Å²) in [5.41, 5.74) is 1.33. The molecule has 1 saturated heterocycles.